The van der Waals surface area contributed by atoms with Gasteiger partial charge in [0.1, 0.15) is 6.26 Å². The van der Waals surface area contributed by atoms with Gasteiger partial charge < -0.3 is 15.1 Å². The van der Waals surface area contributed by atoms with Gasteiger partial charge in [0.25, 0.3) is 0 Å². The molecule has 0 aliphatic carbocycles. The van der Waals surface area contributed by atoms with E-state index >= 15 is 0 Å². The monoisotopic (exact) mass is 379 g/mol. The lowest BCUT2D eigenvalue weighted by molar-refractivity contribution is 0.572. The van der Waals surface area contributed by atoms with Crippen LogP contribution in [0.1, 0.15) is 17.7 Å². The molecule has 0 aliphatic heterocycles. The average Bonchev–Trinajstić information content (AvgIpc) is 3.06. The van der Waals surface area contributed by atoms with Crippen molar-refractivity contribution in [1.29, 1.82) is 0 Å². The van der Waals surface area contributed by atoms with Crippen LogP contribution in [0.3, 0.4) is 0 Å². The lowest BCUT2D eigenvalue weighted by Gasteiger charge is -2.10. The van der Waals surface area contributed by atoms with Gasteiger partial charge >= 0.3 is 0 Å². The minimum Gasteiger partial charge on any atom is -0.444 e. The summed E-state index contributed by atoms with van der Waals surface area (Å²) in [6, 6.07) is 7.98. The van der Waals surface area contributed by atoms with Gasteiger partial charge in [0.2, 0.25) is 15.9 Å². The highest BCUT2D eigenvalue weighted by molar-refractivity contribution is 7.88. The number of guanidine groups is 1. The Morgan fingerprint density at radius 3 is 2.58 bits per heavy atom. The number of benzene rings is 1. The highest BCUT2D eigenvalue weighted by atomic mass is 32.2. The number of nitrogens with one attached hydrogen (secondary N) is 3. The minimum atomic E-state index is -3.14. The van der Waals surface area contributed by atoms with E-state index in [2.05, 4.69) is 25.3 Å². The maximum atomic E-state index is 11.0. The summed E-state index contributed by atoms with van der Waals surface area (Å²) in [6.45, 7) is 3.48. The first-order valence-electron chi connectivity index (χ1n) is 8.28. The zero-order valence-electron chi connectivity index (χ0n) is 15.2. The molecule has 0 fully saturated rings. The molecule has 26 heavy (non-hydrogen) atoms. The molecule has 0 atom stereocenters. The normalized spacial score (nSPS) is 12.2. The molecule has 0 saturated heterocycles. The van der Waals surface area contributed by atoms with Crippen LogP contribution in [0.4, 0.5) is 0 Å². The number of sulfonamides is 1. The Morgan fingerprint density at radius 1 is 1.19 bits per heavy atom. The van der Waals surface area contributed by atoms with E-state index in [9.17, 15) is 8.42 Å². The van der Waals surface area contributed by atoms with E-state index in [0.29, 0.717) is 37.9 Å². The second-order valence-corrected chi connectivity index (χ2v) is 7.72. The number of aliphatic imine (C=N–C) groups is 1. The fourth-order valence-electron chi connectivity index (χ4n) is 2.16. The zero-order chi connectivity index (χ0) is 19.0. The van der Waals surface area contributed by atoms with Crippen molar-refractivity contribution in [2.75, 3.05) is 26.4 Å². The molecule has 0 amide bonds. The number of nitrogens with zero attached hydrogens (tertiary/aromatic N) is 2. The molecule has 0 aliphatic rings. The number of aromatic nitrogens is 1. The Bertz CT molecular complexity index is 828. The van der Waals surface area contributed by atoms with Gasteiger partial charge in [-0.25, -0.2) is 18.1 Å². The lowest BCUT2D eigenvalue weighted by atomic mass is 10.1. The largest absolute Gasteiger partial charge is 0.444 e. The second kappa shape index (κ2) is 9.35. The van der Waals surface area contributed by atoms with E-state index in [1.54, 1.807) is 13.3 Å². The molecular formula is C17H25N5O3S. The molecule has 9 heteroatoms. The van der Waals surface area contributed by atoms with Crippen LogP contribution >= 0.6 is 0 Å². The summed E-state index contributed by atoms with van der Waals surface area (Å²) in [5, 5.41) is 6.26. The van der Waals surface area contributed by atoms with Crippen LogP contribution in [-0.4, -0.2) is 45.8 Å². The SMILES string of the molecule is CN=C(NCCCNS(C)(=O)=O)NCc1coc(-c2ccc(C)cc2)n1. The highest BCUT2D eigenvalue weighted by Crippen LogP contribution is 2.18. The van der Waals surface area contributed by atoms with Crippen LogP contribution in [0.15, 0.2) is 39.9 Å². The molecule has 3 N–H and O–H groups in total. The Balaban J connectivity index is 1.77. The van der Waals surface area contributed by atoms with Crippen LogP contribution in [0.25, 0.3) is 11.5 Å². The third kappa shape index (κ3) is 6.85. The fraction of sp³-hybridized carbons (Fsp3) is 0.412. The third-order valence-corrected chi connectivity index (χ3v) is 4.25. The van der Waals surface area contributed by atoms with Crippen molar-refractivity contribution in [3.05, 3.63) is 41.8 Å². The van der Waals surface area contributed by atoms with Crippen LogP contribution in [0.2, 0.25) is 0 Å². The summed E-state index contributed by atoms with van der Waals surface area (Å²) in [5.74, 6) is 1.20. The summed E-state index contributed by atoms with van der Waals surface area (Å²) in [6.07, 6.45) is 3.41. The first kappa shape index (κ1) is 19.9. The number of rotatable bonds is 8. The molecule has 0 spiro atoms. The molecule has 1 aromatic heterocycles. The summed E-state index contributed by atoms with van der Waals surface area (Å²) in [7, 11) is -1.47. The lowest BCUT2D eigenvalue weighted by Crippen LogP contribution is -2.38. The maximum absolute atomic E-state index is 11.0. The molecular weight excluding hydrogens is 354 g/mol. The molecule has 0 unspecified atom stereocenters. The fourth-order valence-corrected chi connectivity index (χ4v) is 2.68. The van der Waals surface area contributed by atoms with Crippen LogP contribution in [0, 0.1) is 6.92 Å². The van der Waals surface area contributed by atoms with Gasteiger partial charge in [-0.2, -0.15) is 0 Å². The Labute approximate surface area is 154 Å². The predicted molar refractivity (Wildman–Crippen MR) is 102 cm³/mol. The van der Waals surface area contributed by atoms with Gasteiger partial charge in [-0.05, 0) is 25.5 Å². The van der Waals surface area contributed by atoms with Crippen molar-refractivity contribution in [1.82, 2.24) is 20.3 Å². The van der Waals surface area contributed by atoms with Crippen molar-refractivity contribution in [2.45, 2.75) is 19.9 Å². The van der Waals surface area contributed by atoms with E-state index in [-0.39, 0.29) is 0 Å². The van der Waals surface area contributed by atoms with Crippen LogP contribution in [-0.2, 0) is 16.6 Å². The molecule has 8 nitrogen and oxygen atoms in total. The highest BCUT2D eigenvalue weighted by Gasteiger charge is 2.07. The Kier molecular flexibility index (Phi) is 7.16. The Morgan fingerprint density at radius 2 is 1.92 bits per heavy atom. The molecule has 0 bridgehead atoms. The van der Waals surface area contributed by atoms with E-state index in [1.807, 2.05) is 31.2 Å². The average molecular weight is 379 g/mol. The van der Waals surface area contributed by atoms with Gasteiger partial charge in [-0.1, -0.05) is 17.7 Å². The quantitative estimate of drug-likeness (QED) is 0.362. The summed E-state index contributed by atoms with van der Waals surface area (Å²) in [5.41, 5.74) is 2.88. The second-order valence-electron chi connectivity index (χ2n) is 5.88. The smallest absolute Gasteiger partial charge is 0.226 e. The molecule has 1 heterocycles. The van der Waals surface area contributed by atoms with Crippen molar-refractivity contribution in [3.8, 4) is 11.5 Å². The van der Waals surface area contributed by atoms with E-state index < -0.39 is 10.0 Å². The Hall–Kier alpha value is -2.39. The van der Waals surface area contributed by atoms with E-state index in [1.165, 1.54) is 5.56 Å². The maximum Gasteiger partial charge on any atom is 0.226 e. The first-order chi connectivity index (χ1) is 12.4. The summed E-state index contributed by atoms with van der Waals surface area (Å²) in [4.78, 5) is 8.59. The summed E-state index contributed by atoms with van der Waals surface area (Å²) < 4.78 is 29.9. The number of hydrogen-bond acceptors (Lipinski definition) is 5. The molecule has 2 aromatic rings. The van der Waals surface area contributed by atoms with Gasteiger partial charge in [-0.3, -0.25) is 4.99 Å². The molecule has 142 valence electrons. The number of oxazole rings is 1. The first-order valence-corrected chi connectivity index (χ1v) is 10.2. The van der Waals surface area contributed by atoms with Crippen LogP contribution in [0.5, 0.6) is 0 Å². The number of hydrogen-bond donors (Lipinski definition) is 3. The van der Waals surface area contributed by atoms with Crippen molar-refractivity contribution >= 4 is 16.0 Å². The molecule has 2 rings (SSSR count). The van der Waals surface area contributed by atoms with Crippen LogP contribution < -0.4 is 15.4 Å². The standard InChI is InChI=1S/C17H25N5O3S/c1-13-5-7-14(8-6-13)16-22-15(12-25-16)11-20-17(18-2)19-9-4-10-21-26(3,23)24/h5-8,12,21H,4,9-11H2,1-3H3,(H2,18,19,20). The van der Waals surface area contributed by atoms with Gasteiger partial charge in [0, 0.05) is 25.7 Å². The van der Waals surface area contributed by atoms with Crippen molar-refractivity contribution < 1.29 is 12.8 Å². The van der Waals surface area contributed by atoms with E-state index in [0.717, 1.165) is 17.5 Å². The van der Waals surface area contributed by atoms with Gasteiger partial charge in [0.05, 0.1) is 18.5 Å². The van der Waals surface area contributed by atoms with Gasteiger partial charge in [0.15, 0.2) is 5.96 Å². The number of aryl methyl sites for hydroxylation is 1. The van der Waals surface area contributed by atoms with Crippen molar-refractivity contribution in [2.24, 2.45) is 4.99 Å². The zero-order valence-corrected chi connectivity index (χ0v) is 16.1. The molecule has 0 saturated carbocycles. The van der Waals surface area contributed by atoms with E-state index in [4.69, 9.17) is 4.42 Å². The third-order valence-electron chi connectivity index (χ3n) is 3.52. The molecule has 1 aromatic carbocycles. The predicted octanol–water partition coefficient (Wildman–Crippen LogP) is 1.25. The minimum absolute atomic E-state index is 0.381. The van der Waals surface area contributed by atoms with Gasteiger partial charge in [-0.15, -0.1) is 0 Å². The summed E-state index contributed by atoms with van der Waals surface area (Å²) >= 11 is 0. The molecule has 0 radical (unpaired) electrons. The topological polar surface area (TPSA) is 109 Å². The van der Waals surface area contributed by atoms with Crippen molar-refractivity contribution in [3.63, 3.8) is 0 Å².